The van der Waals surface area contributed by atoms with E-state index in [4.69, 9.17) is 4.74 Å². The summed E-state index contributed by atoms with van der Waals surface area (Å²) in [5.74, 6) is 0. The maximum atomic E-state index is 10.6. The van der Waals surface area contributed by atoms with E-state index in [1.165, 1.54) is 7.11 Å². The molecular formula is C12H15NO3. The molecule has 4 heteroatoms. The van der Waals surface area contributed by atoms with E-state index in [2.05, 4.69) is 10.1 Å². The van der Waals surface area contributed by atoms with E-state index in [1.54, 1.807) is 6.08 Å². The summed E-state index contributed by atoms with van der Waals surface area (Å²) in [7, 11) is 3.15. The molecule has 16 heavy (non-hydrogen) atoms. The second-order valence-electron chi connectivity index (χ2n) is 3.04. The van der Waals surface area contributed by atoms with Crippen molar-refractivity contribution in [1.29, 1.82) is 0 Å². The highest BCUT2D eigenvalue weighted by atomic mass is 16.7. The fraction of sp³-hybridized carbons (Fsp3) is 0.250. The lowest BCUT2D eigenvalue weighted by Crippen LogP contribution is -2.03. The number of nitrogens with one attached hydrogen (secondary N) is 1. The van der Waals surface area contributed by atoms with Crippen LogP contribution in [0.15, 0.2) is 30.3 Å². The van der Waals surface area contributed by atoms with Gasteiger partial charge in [-0.05, 0) is 23.8 Å². The molecule has 86 valence electrons. The average molecular weight is 221 g/mol. The molecule has 0 aliphatic rings. The lowest BCUT2D eigenvalue weighted by molar-refractivity contribution is 0.0819. The Balaban J connectivity index is 2.40. The molecule has 0 spiro atoms. The number of rotatable bonds is 4. The minimum atomic E-state index is -0.671. The van der Waals surface area contributed by atoms with E-state index in [0.29, 0.717) is 0 Å². The fourth-order valence-electron chi connectivity index (χ4n) is 1.12. The first-order valence-electron chi connectivity index (χ1n) is 4.91. The number of carbonyl (C=O) groups excluding carboxylic acids is 1. The highest BCUT2D eigenvalue weighted by Gasteiger charge is 1.95. The van der Waals surface area contributed by atoms with Crippen LogP contribution in [-0.2, 0) is 9.47 Å². The highest BCUT2D eigenvalue weighted by Crippen LogP contribution is 2.09. The van der Waals surface area contributed by atoms with Crippen LogP contribution in [0, 0.1) is 0 Å². The zero-order valence-electron chi connectivity index (χ0n) is 9.40. The Morgan fingerprint density at radius 1 is 1.38 bits per heavy atom. The van der Waals surface area contributed by atoms with Gasteiger partial charge in [-0.2, -0.15) is 0 Å². The molecule has 0 heterocycles. The third-order valence-corrected chi connectivity index (χ3v) is 1.97. The summed E-state index contributed by atoms with van der Waals surface area (Å²) in [5, 5.41) is 3.03. The molecule has 0 fully saturated rings. The van der Waals surface area contributed by atoms with Gasteiger partial charge in [-0.25, -0.2) is 4.79 Å². The van der Waals surface area contributed by atoms with Crippen LogP contribution in [0.2, 0.25) is 0 Å². The Hall–Kier alpha value is -1.97. The van der Waals surface area contributed by atoms with Crippen molar-refractivity contribution in [1.82, 2.24) is 0 Å². The number of methoxy groups -OCH3 is 1. The zero-order valence-corrected chi connectivity index (χ0v) is 9.40. The maximum absolute atomic E-state index is 10.6. The van der Waals surface area contributed by atoms with Gasteiger partial charge in [0, 0.05) is 12.7 Å². The third kappa shape index (κ3) is 4.04. The number of hydrogen-bond donors (Lipinski definition) is 1. The van der Waals surface area contributed by atoms with Gasteiger partial charge in [0.1, 0.15) is 6.61 Å². The Labute approximate surface area is 94.9 Å². The number of carbonyl (C=O) groups is 1. The lowest BCUT2D eigenvalue weighted by atomic mass is 10.2. The largest absolute Gasteiger partial charge is 0.508 e. The summed E-state index contributed by atoms with van der Waals surface area (Å²) in [6.45, 7) is 0.209. The predicted molar refractivity (Wildman–Crippen MR) is 63.4 cm³/mol. The van der Waals surface area contributed by atoms with Crippen LogP contribution < -0.4 is 5.32 Å². The summed E-state index contributed by atoms with van der Waals surface area (Å²) in [6.07, 6.45) is 2.96. The summed E-state index contributed by atoms with van der Waals surface area (Å²) >= 11 is 0. The van der Waals surface area contributed by atoms with Crippen LogP contribution in [0.5, 0.6) is 0 Å². The zero-order chi connectivity index (χ0) is 11.8. The number of anilines is 1. The topological polar surface area (TPSA) is 47.6 Å². The average Bonchev–Trinajstić information content (AvgIpc) is 2.35. The monoisotopic (exact) mass is 221 g/mol. The van der Waals surface area contributed by atoms with E-state index in [9.17, 15) is 4.79 Å². The summed E-state index contributed by atoms with van der Waals surface area (Å²) in [4.78, 5) is 10.6. The Kier molecular flexibility index (Phi) is 4.92. The molecule has 1 N–H and O–H groups in total. The van der Waals surface area contributed by atoms with Gasteiger partial charge in [-0.3, -0.25) is 0 Å². The molecule has 0 aromatic heterocycles. The summed E-state index contributed by atoms with van der Waals surface area (Å²) in [6, 6.07) is 7.89. The van der Waals surface area contributed by atoms with Crippen LogP contribution >= 0.6 is 0 Å². The van der Waals surface area contributed by atoms with Crippen LogP contribution in [0.25, 0.3) is 6.08 Å². The molecule has 1 aromatic rings. The molecule has 0 aliphatic carbocycles. The normalized spacial score (nSPS) is 10.1. The fourth-order valence-corrected chi connectivity index (χ4v) is 1.12. The molecule has 0 saturated carbocycles. The summed E-state index contributed by atoms with van der Waals surface area (Å²) in [5.41, 5.74) is 2.11. The Morgan fingerprint density at radius 3 is 2.62 bits per heavy atom. The molecule has 0 amide bonds. The molecule has 1 aromatic carbocycles. The first-order valence-corrected chi connectivity index (χ1v) is 4.91. The van der Waals surface area contributed by atoms with E-state index in [-0.39, 0.29) is 6.61 Å². The van der Waals surface area contributed by atoms with Crippen molar-refractivity contribution in [2.24, 2.45) is 0 Å². The van der Waals surface area contributed by atoms with Crippen LogP contribution in [0.3, 0.4) is 0 Å². The first-order chi connectivity index (χ1) is 7.76. The molecule has 4 nitrogen and oxygen atoms in total. The number of hydrogen-bond acceptors (Lipinski definition) is 4. The molecule has 0 atom stereocenters. The second-order valence-corrected chi connectivity index (χ2v) is 3.04. The van der Waals surface area contributed by atoms with Gasteiger partial charge in [-0.1, -0.05) is 18.2 Å². The second kappa shape index (κ2) is 6.50. The highest BCUT2D eigenvalue weighted by molar-refractivity contribution is 5.60. The predicted octanol–water partition coefficient (Wildman–Crippen LogP) is 2.52. The molecule has 1 rings (SSSR count). The van der Waals surface area contributed by atoms with Crippen molar-refractivity contribution in [3.63, 3.8) is 0 Å². The van der Waals surface area contributed by atoms with Crippen molar-refractivity contribution in [3.05, 3.63) is 35.9 Å². The van der Waals surface area contributed by atoms with Crippen molar-refractivity contribution in [3.8, 4) is 0 Å². The van der Waals surface area contributed by atoms with Crippen molar-refractivity contribution in [2.45, 2.75) is 0 Å². The maximum Gasteiger partial charge on any atom is 0.508 e. The number of benzene rings is 1. The third-order valence-electron chi connectivity index (χ3n) is 1.97. The SMILES string of the molecule is CNc1ccc(/C=C/COC(=O)OC)cc1. The first kappa shape index (κ1) is 12.1. The van der Waals surface area contributed by atoms with Crippen LogP contribution in [-0.4, -0.2) is 26.9 Å². The van der Waals surface area contributed by atoms with Gasteiger partial charge in [0.15, 0.2) is 0 Å². The van der Waals surface area contributed by atoms with Crippen LogP contribution in [0.1, 0.15) is 5.56 Å². The lowest BCUT2D eigenvalue weighted by Gasteiger charge is -2.00. The standard InChI is InChI=1S/C12H15NO3/c1-13-11-7-5-10(6-8-11)4-3-9-16-12(14)15-2/h3-8,13H,9H2,1-2H3/b4-3+. The molecule has 0 bridgehead atoms. The minimum absolute atomic E-state index is 0.209. The Morgan fingerprint density at radius 2 is 2.06 bits per heavy atom. The van der Waals surface area contributed by atoms with E-state index < -0.39 is 6.16 Å². The quantitative estimate of drug-likeness (QED) is 0.794. The van der Waals surface area contributed by atoms with Gasteiger partial charge < -0.3 is 14.8 Å². The van der Waals surface area contributed by atoms with Gasteiger partial charge in [0.25, 0.3) is 0 Å². The van der Waals surface area contributed by atoms with E-state index in [0.717, 1.165) is 11.3 Å². The van der Waals surface area contributed by atoms with E-state index >= 15 is 0 Å². The molecule has 0 aliphatic heterocycles. The summed E-state index contributed by atoms with van der Waals surface area (Å²) < 4.78 is 9.03. The van der Waals surface area contributed by atoms with Gasteiger partial charge in [0.05, 0.1) is 7.11 Å². The van der Waals surface area contributed by atoms with Gasteiger partial charge in [-0.15, -0.1) is 0 Å². The number of ether oxygens (including phenoxy) is 2. The Bertz CT molecular complexity index is 357. The molecule has 0 radical (unpaired) electrons. The molecule has 0 saturated heterocycles. The van der Waals surface area contributed by atoms with Crippen LogP contribution in [0.4, 0.5) is 10.5 Å². The van der Waals surface area contributed by atoms with Crippen molar-refractivity contribution in [2.75, 3.05) is 26.1 Å². The van der Waals surface area contributed by atoms with Gasteiger partial charge >= 0.3 is 6.16 Å². The van der Waals surface area contributed by atoms with Crippen molar-refractivity contribution >= 4 is 17.9 Å². The minimum Gasteiger partial charge on any atom is -0.438 e. The smallest absolute Gasteiger partial charge is 0.438 e. The van der Waals surface area contributed by atoms with E-state index in [1.807, 2.05) is 37.4 Å². The molecule has 0 unspecified atom stereocenters. The molecular weight excluding hydrogens is 206 g/mol. The van der Waals surface area contributed by atoms with Crippen molar-refractivity contribution < 1.29 is 14.3 Å². The van der Waals surface area contributed by atoms with Gasteiger partial charge in [0.2, 0.25) is 0 Å².